The summed E-state index contributed by atoms with van der Waals surface area (Å²) in [5.41, 5.74) is 1.01. The van der Waals surface area contributed by atoms with Crippen molar-refractivity contribution in [1.29, 1.82) is 0 Å². The number of halogens is 2. The quantitative estimate of drug-likeness (QED) is 0.849. The molecule has 0 saturated carbocycles. The molecule has 5 nitrogen and oxygen atoms in total. The number of sulfonamides is 1. The third-order valence-corrected chi connectivity index (χ3v) is 4.56. The normalized spacial score (nSPS) is 11.1. The molecule has 128 valence electrons. The van der Waals surface area contributed by atoms with Gasteiger partial charge in [-0.05, 0) is 35.9 Å². The van der Waals surface area contributed by atoms with Crippen LogP contribution < -0.4 is 9.62 Å². The first-order valence-corrected chi connectivity index (χ1v) is 9.23. The lowest BCUT2D eigenvalue weighted by Gasteiger charge is -2.22. The van der Waals surface area contributed by atoms with Crippen molar-refractivity contribution in [2.75, 3.05) is 17.1 Å². The van der Waals surface area contributed by atoms with E-state index in [4.69, 9.17) is 11.6 Å². The molecule has 8 heteroatoms. The van der Waals surface area contributed by atoms with E-state index in [9.17, 15) is 17.6 Å². The van der Waals surface area contributed by atoms with Gasteiger partial charge < -0.3 is 5.32 Å². The van der Waals surface area contributed by atoms with Crippen LogP contribution in [0.25, 0.3) is 0 Å². The van der Waals surface area contributed by atoms with Crippen LogP contribution in [0.5, 0.6) is 0 Å². The lowest BCUT2D eigenvalue weighted by atomic mass is 10.2. The van der Waals surface area contributed by atoms with Gasteiger partial charge >= 0.3 is 0 Å². The standard InChI is InChI=1S/C16H16ClFN2O3S/c1-24(22,23)20(15-4-2-3-13(17)9-15)11-16(21)19-10-12-5-7-14(18)8-6-12/h2-9H,10-11H2,1H3,(H,19,21). The molecule has 1 N–H and O–H groups in total. The number of hydrogen-bond donors (Lipinski definition) is 1. The Balaban J connectivity index is 2.06. The molecule has 1 amide bonds. The Morgan fingerprint density at radius 2 is 1.88 bits per heavy atom. The molecule has 0 heterocycles. The zero-order chi connectivity index (χ0) is 17.7. The smallest absolute Gasteiger partial charge is 0.241 e. The third-order valence-electron chi connectivity index (χ3n) is 3.19. The van der Waals surface area contributed by atoms with E-state index in [0.29, 0.717) is 16.3 Å². The van der Waals surface area contributed by atoms with Crippen LogP contribution in [-0.2, 0) is 21.4 Å². The van der Waals surface area contributed by atoms with Crippen LogP contribution in [0.1, 0.15) is 5.56 Å². The number of benzene rings is 2. The number of nitrogens with zero attached hydrogens (tertiary/aromatic N) is 1. The van der Waals surface area contributed by atoms with E-state index in [1.54, 1.807) is 30.3 Å². The number of carbonyl (C=O) groups excluding carboxylic acids is 1. The van der Waals surface area contributed by atoms with E-state index in [1.807, 2.05) is 0 Å². The van der Waals surface area contributed by atoms with E-state index < -0.39 is 15.9 Å². The molecule has 0 aliphatic rings. The van der Waals surface area contributed by atoms with E-state index in [2.05, 4.69) is 5.32 Å². The zero-order valence-corrected chi connectivity index (χ0v) is 14.4. The maximum Gasteiger partial charge on any atom is 0.241 e. The molecule has 0 spiro atoms. The van der Waals surface area contributed by atoms with Gasteiger partial charge in [0, 0.05) is 11.6 Å². The molecule has 0 radical (unpaired) electrons. The van der Waals surface area contributed by atoms with Crippen LogP contribution in [0.3, 0.4) is 0 Å². The average molecular weight is 371 g/mol. The Kier molecular flexibility index (Phi) is 5.80. The fraction of sp³-hybridized carbons (Fsp3) is 0.188. The molecular weight excluding hydrogens is 355 g/mol. The van der Waals surface area contributed by atoms with Crippen molar-refractivity contribution in [3.05, 3.63) is 64.9 Å². The van der Waals surface area contributed by atoms with Crippen LogP contribution in [0.15, 0.2) is 48.5 Å². The largest absolute Gasteiger partial charge is 0.350 e. The first kappa shape index (κ1) is 18.2. The third kappa shape index (κ3) is 5.21. The fourth-order valence-corrected chi connectivity index (χ4v) is 3.05. The molecular formula is C16H16ClFN2O3S. The summed E-state index contributed by atoms with van der Waals surface area (Å²) < 4.78 is 37.7. The van der Waals surface area contributed by atoms with Crippen molar-refractivity contribution in [2.45, 2.75) is 6.54 Å². The molecule has 2 aromatic carbocycles. The second-order valence-electron chi connectivity index (χ2n) is 5.15. The van der Waals surface area contributed by atoms with Crippen molar-refractivity contribution >= 4 is 33.2 Å². The molecule has 2 rings (SSSR count). The average Bonchev–Trinajstić information content (AvgIpc) is 2.51. The highest BCUT2D eigenvalue weighted by Crippen LogP contribution is 2.21. The Morgan fingerprint density at radius 3 is 2.46 bits per heavy atom. The van der Waals surface area contributed by atoms with Gasteiger partial charge in [0.05, 0.1) is 11.9 Å². The maximum atomic E-state index is 12.8. The van der Waals surface area contributed by atoms with Gasteiger partial charge in [0.25, 0.3) is 0 Å². The zero-order valence-electron chi connectivity index (χ0n) is 12.9. The van der Waals surface area contributed by atoms with Gasteiger partial charge in [-0.1, -0.05) is 29.8 Å². The molecule has 0 aliphatic heterocycles. The monoisotopic (exact) mass is 370 g/mol. The second-order valence-corrected chi connectivity index (χ2v) is 7.50. The Bertz CT molecular complexity index is 825. The lowest BCUT2D eigenvalue weighted by molar-refractivity contribution is -0.119. The van der Waals surface area contributed by atoms with Crippen LogP contribution in [0.4, 0.5) is 10.1 Å². The highest BCUT2D eigenvalue weighted by Gasteiger charge is 2.20. The minimum atomic E-state index is -3.65. The first-order valence-electron chi connectivity index (χ1n) is 7.00. The summed E-state index contributed by atoms with van der Waals surface area (Å²) in [5.74, 6) is -0.848. The molecule has 0 aromatic heterocycles. The molecule has 0 fully saturated rings. The summed E-state index contributed by atoms with van der Waals surface area (Å²) in [6.45, 7) is -0.202. The summed E-state index contributed by atoms with van der Waals surface area (Å²) >= 11 is 5.88. The number of nitrogens with one attached hydrogen (secondary N) is 1. The van der Waals surface area contributed by atoms with Crippen LogP contribution in [0, 0.1) is 5.82 Å². The number of amides is 1. The van der Waals surface area contributed by atoms with E-state index in [-0.39, 0.29) is 18.9 Å². The van der Waals surface area contributed by atoms with E-state index in [0.717, 1.165) is 10.6 Å². The number of carbonyl (C=O) groups is 1. The topological polar surface area (TPSA) is 66.5 Å². The van der Waals surface area contributed by atoms with Gasteiger partial charge in [-0.25, -0.2) is 12.8 Å². The molecule has 0 bridgehead atoms. The van der Waals surface area contributed by atoms with Gasteiger partial charge in [0.2, 0.25) is 15.9 Å². The van der Waals surface area contributed by atoms with Gasteiger partial charge in [0.1, 0.15) is 12.4 Å². The van der Waals surface area contributed by atoms with E-state index >= 15 is 0 Å². The van der Waals surface area contributed by atoms with Crippen molar-refractivity contribution in [1.82, 2.24) is 5.32 Å². The Morgan fingerprint density at radius 1 is 1.21 bits per heavy atom. The minimum Gasteiger partial charge on any atom is -0.350 e. The van der Waals surface area contributed by atoms with Crippen molar-refractivity contribution < 1.29 is 17.6 Å². The molecule has 0 saturated heterocycles. The molecule has 0 atom stereocenters. The van der Waals surface area contributed by atoms with Gasteiger partial charge in [0.15, 0.2) is 0 Å². The molecule has 2 aromatic rings. The fourth-order valence-electron chi connectivity index (χ4n) is 2.02. The van der Waals surface area contributed by atoms with Crippen molar-refractivity contribution in [2.24, 2.45) is 0 Å². The molecule has 0 unspecified atom stereocenters. The van der Waals surface area contributed by atoms with Crippen LogP contribution in [0.2, 0.25) is 5.02 Å². The highest BCUT2D eigenvalue weighted by molar-refractivity contribution is 7.92. The van der Waals surface area contributed by atoms with Crippen molar-refractivity contribution in [3.8, 4) is 0 Å². The van der Waals surface area contributed by atoms with Gasteiger partial charge in [-0.15, -0.1) is 0 Å². The SMILES string of the molecule is CS(=O)(=O)N(CC(=O)NCc1ccc(F)cc1)c1cccc(Cl)c1. The second kappa shape index (κ2) is 7.63. The number of hydrogen-bond acceptors (Lipinski definition) is 3. The van der Waals surface area contributed by atoms with Gasteiger partial charge in [-0.3, -0.25) is 9.10 Å². The minimum absolute atomic E-state index is 0.173. The number of rotatable bonds is 6. The van der Waals surface area contributed by atoms with Crippen LogP contribution in [-0.4, -0.2) is 27.1 Å². The maximum absolute atomic E-state index is 12.8. The first-order chi connectivity index (χ1) is 11.3. The Labute approximate surface area is 145 Å². The Hall–Kier alpha value is -2.12. The highest BCUT2D eigenvalue weighted by atomic mass is 35.5. The van der Waals surface area contributed by atoms with E-state index in [1.165, 1.54) is 18.2 Å². The number of anilines is 1. The molecule has 24 heavy (non-hydrogen) atoms. The predicted octanol–water partition coefficient (Wildman–Crippen LogP) is 2.56. The summed E-state index contributed by atoms with van der Waals surface area (Å²) in [6, 6.07) is 11.9. The summed E-state index contributed by atoms with van der Waals surface area (Å²) in [5, 5.41) is 2.97. The molecule has 0 aliphatic carbocycles. The van der Waals surface area contributed by atoms with Crippen molar-refractivity contribution in [3.63, 3.8) is 0 Å². The summed E-state index contributed by atoms with van der Waals surface area (Å²) in [6.07, 6.45) is 1.02. The predicted molar refractivity (Wildman–Crippen MR) is 91.9 cm³/mol. The summed E-state index contributed by atoms with van der Waals surface area (Å²) in [7, 11) is -3.65. The van der Waals surface area contributed by atoms with Gasteiger partial charge in [-0.2, -0.15) is 0 Å². The van der Waals surface area contributed by atoms with Crippen LogP contribution >= 0.6 is 11.6 Å². The lowest BCUT2D eigenvalue weighted by Crippen LogP contribution is -2.40. The summed E-state index contributed by atoms with van der Waals surface area (Å²) in [4.78, 5) is 12.1.